The number of aromatic nitrogens is 1. The van der Waals surface area contributed by atoms with Crippen molar-refractivity contribution in [3.05, 3.63) is 59.8 Å². The van der Waals surface area contributed by atoms with Crippen LogP contribution in [0.4, 0.5) is 24.5 Å². The van der Waals surface area contributed by atoms with Gasteiger partial charge in [-0.05, 0) is 93.1 Å². The van der Waals surface area contributed by atoms with Crippen LogP contribution in [0.3, 0.4) is 0 Å². The lowest BCUT2D eigenvalue weighted by Gasteiger charge is -2.28. The zero-order valence-electron chi connectivity index (χ0n) is 16.5. The summed E-state index contributed by atoms with van der Waals surface area (Å²) in [5.74, 6) is 0.514. The Balaban J connectivity index is 1.49. The zero-order valence-corrected chi connectivity index (χ0v) is 17.3. The summed E-state index contributed by atoms with van der Waals surface area (Å²) in [6.45, 7) is 2.17. The van der Waals surface area contributed by atoms with Crippen molar-refractivity contribution in [2.24, 2.45) is 0 Å². The largest absolute Gasteiger partial charge is 0.416 e. The molecule has 2 heterocycles. The van der Waals surface area contributed by atoms with Crippen LogP contribution < -0.4 is 10.6 Å². The summed E-state index contributed by atoms with van der Waals surface area (Å²) in [7, 11) is 2.14. The molecule has 1 aliphatic rings. The predicted molar refractivity (Wildman–Crippen MR) is 119 cm³/mol. The Hall–Kier alpha value is -2.58. The van der Waals surface area contributed by atoms with E-state index in [4.69, 9.17) is 12.2 Å². The van der Waals surface area contributed by atoms with E-state index in [1.54, 1.807) is 6.07 Å². The minimum Gasteiger partial charge on any atom is -0.361 e. The molecule has 8 heteroatoms. The average molecular weight is 433 g/mol. The highest BCUT2D eigenvalue weighted by Gasteiger charge is 2.30. The number of piperidine rings is 1. The van der Waals surface area contributed by atoms with E-state index in [9.17, 15) is 13.2 Å². The van der Waals surface area contributed by atoms with Gasteiger partial charge in [-0.2, -0.15) is 13.2 Å². The Kier molecular flexibility index (Phi) is 5.71. The number of hydrogen-bond donors (Lipinski definition) is 3. The highest BCUT2D eigenvalue weighted by atomic mass is 32.1. The maximum atomic E-state index is 12.9. The van der Waals surface area contributed by atoms with Crippen LogP contribution in [0.25, 0.3) is 10.9 Å². The molecule has 1 fully saturated rings. The zero-order chi connectivity index (χ0) is 21.3. The van der Waals surface area contributed by atoms with Gasteiger partial charge in [-0.25, -0.2) is 0 Å². The number of alkyl halides is 3. The number of aromatic amines is 1. The number of anilines is 2. The molecular weight excluding hydrogens is 409 g/mol. The van der Waals surface area contributed by atoms with Crippen molar-refractivity contribution < 1.29 is 13.2 Å². The fourth-order valence-electron chi connectivity index (χ4n) is 3.94. The van der Waals surface area contributed by atoms with E-state index in [0.717, 1.165) is 54.7 Å². The average Bonchev–Trinajstić information content (AvgIpc) is 3.11. The molecule has 0 bridgehead atoms. The third kappa shape index (κ3) is 4.60. The monoisotopic (exact) mass is 432 g/mol. The number of thiocarbonyl (C=S) groups is 1. The first kappa shape index (κ1) is 20.7. The second-order valence-electron chi connectivity index (χ2n) is 7.74. The summed E-state index contributed by atoms with van der Waals surface area (Å²) in [6.07, 6.45) is -0.0622. The number of nitrogens with zero attached hydrogens (tertiary/aromatic N) is 1. The number of H-pyrrole nitrogens is 1. The molecule has 0 unspecified atom stereocenters. The van der Waals surface area contributed by atoms with Crippen LogP contribution in [0, 0.1) is 0 Å². The van der Waals surface area contributed by atoms with Crippen LogP contribution in [-0.2, 0) is 6.18 Å². The number of fused-ring (bicyclic) bond motifs is 1. The van der Waals surface area contributed by atoms with Crippen molar-refractivity contribution >= 4 is 39.6 Å². The molecule has 0 atom stereocenters. The standard InChI is InChI=1S/C22H23F3N4S/c1-29-9-7-14(8-10-29)19-13-26-20-6-5-17(12-18(19)20)28-21(30)27-16-4-2-3-15(11-16)22(23,24)25/h2-6,11-14,26H,7-10H2,1H3,(H2,27,28,30). The third-order valence-corrected chi connectivity index (χ3v) is 5.78. The molecule has 0 amide bonds. The fraction of sp³-hybridized carbons (Fsp3) is 0.318. The lowest BCUT2D eigenvalue weighted by atomic mass is 9.89. The van der Waals surface area contributed by atoms with E-state index >= 15 is 0 Å². The third-order valence-electron chi connectivity index (χ3n) is 5.58. The smallest absolute Gasteiger partial charge is 0.361 e. The van der Waals surface area contributed by atoms with Crippen LogP contribution >= 0.6 is 12.2 Å². The van der Waals surface area contributed by atoms with Gasteiger partial charge in [0.15, 0.2) is 5.11 Å². The summed E-state index contributed by atoms with van der Waals surface area (Å²) in [5.41, 5.74) is 2.73. The molecule has 1 saturated heterocycles. The molecule has 4 rings (SSSR count). The normalized spacial score (nSPS) is 16.0. The SMILES string of the molecule is CN1CCC(c2c[nH]c3ccc(NC(=S)Nc4cccc(C(F)(F)F)c4)cc23)CC1. The van der Waals surface area contributed by atoms with E-state index in [2.05, 4.69) is 33.8 Å². The molecule has 0 aliphatic carbocycles. The summed E-state index contributed by atoms with van der Waals surface area (Å²) in [5, 5.41) is 7.31. The Morgan fingerprint density at radius 3 is 2.47 bits per heavy atom. The molecule has 4 nitrogen and oxygen atoms in total. The van der Waals surface area contributed by atoms with Crippen molar-refractivity contribution in [1.29, 1.82) is 0 Å². The molecule has 3 aromatic rings. The molecule has 1 aliphatic heterocycles. The van der Waals surface area contributed by atoms with Gasteiger partial charge in [0, 0.05) is 28.5 Å². The Labute approximate surface area is 178 Å². The second kappa shape index (κ2) is 8.28. The predicted octanol–water partition coefficient (Wildman–Crippen LogP) is 5.80. The number of halogens is 3. The fourth-order valence-corrected chi connectivity index (χ4v) is 4.18. The van der Waals surface area contributed by atoms with Crippen molar-refractivity contribution in [2.45, 2.75) is 24.9 Å². The molecule has 30 heavy (non-hydrogen) atoms. The van der Waals surface area contributed by atoms with Gasteiger partial charge in [0.25, 0.3) is 0 Å². The van der Waals surface area contributed by atoms with Crippen molar-refractivity contribution in [3.8, 4) is 0 Å². The number of rotatable bonds is 3. The minimum absolute atomic E-state index is 0.241. The quantitative estimate of drug-likeness (QED) is 0.458. The van der Waals surface area contributed by atoms with Crippen LogP contribution in [-0.4, -0.2) is 35.1 Å². The van der Waals surface area contributed by atoms with Gasteiger partial charge in [0.1, 0.15) is 0 Å². The summed E-state index contributed by atoms with van der Waals surface area (Å²) >= 11 is 5.31. The van der Waals surface area contributed by atoms with Gasteiger partial charge < -0.3 is 20.5 Å². The molecule has 2 aromatic carbocycles. The van der Waals surface area contributed by atoms with Gasteiger partial charge in [-0.15, -0.1) is 0 Å². The second-order valence-corrected chi connectivity index (χ2v) is 8.15. The maximum absolute atomic E-state index is 12.9. The number of likely N-dealkylation sites (tertiary alicyclic amines) is 1. The van der Waals surface area contributed by atoms with E-state index < -0.39 is 11.7 Å². The number of benzene rings is 2. The van der Waals surface area contributed by atoms with Crippen LogP contribution in [0.5, 0.6) is 0 Å². The molecular formula is C22H23F3N4S. The minimum atomic E-state index is -4.39. The lowest BCUT2D eigenvalue weighted by Crippen LogP contribution is -2.29. The number of nitrogens with one attached hydrogen (secondary N) is 3. The lowest BCUT2D eigenvalue weighted by molar-refractivity contribution is -0.137. The summed E-state index contributed by atoms with van der Waals surface area (Å²) in [4.78, 5) is 5.68. The van der Waals surface area contributed by atoms with Gasteiger partial charge in [-0.3, -0.25) is 0 Å². The summed E-state index contributed by atoms with van der Waals surface area (Å²) in [6, 6.07) is 10.9. The molecule has 3 N–H and O–H groups in total. The molecule has 0 radical (unpaired) electrons. The highest BCUT2D eigenvalue weighted by Crippen LogP contribution is 2.34. The van der Waals surface area contributed by atoms with Crippen molar-refractivity contribution in [1.82, 2.24) is 9.88 Å². The molecule has 0 spiro atoms. The first-order chi connectivity index (χ1) is 14.3. The van der Waals surface area contributed by atoms with Gasteiger partial charge >= 0.3 is 6.18 Å². The van der Waals surface area contributed by atoms with Crippen molar-refractivity contribution in [3.63, 3.8) is 0 Å². The molecule has 0 saturated carbocycles. The molecule has 1 aromatic heterocycles. The van der Waals surface area contributed by atoms with E-state index in [1.165, 1.54) is 11.6 Å². The number of hydrogen-bond acceptors (Lipinski definition) is 2. The van der Waals surface area contributed by atoms with Crippen LogP contribution in [0.15, 0.2) is 48.7 Å². The maximum Gasteiger partial charge on any atom is 0.416 e. The van der Waals surface area contributed by atoms with E-state index in [0.29, 0.717) is 5.92 Å². The van der Waals surface area contributed by atoms with Gasteiger partial charge in [0.2, 0.25) is 0 Å². The topological polar surface area (TPSA) is 43.1 Å². The molecule has 158 valence electrons. The summed E-state index contributed by atoms with van der Waals surface area (Å²) < 4.78 is 38.7. The van der Waals surface area contributed by atoms with Gasteiger partial charge in [0.05, 0.1) is 5.56 Å². The van der Waals surface area contributed by atoms with E-state index in [1.807, 2.05) is 18.2 Å². The van der Waals surface area contributed by atoms with Crippen LogP contribution in [0.1, 0.15) is 29.9 Å². The Morgan fingerprint density at radius 1 is 1.07 bits per heavy atom. The van der Waals surface area contributed by atoms with Crippen LogP contribution in [0.2, 0.25) is 0 Å². The Bertz CT molecular complexity index is 1050. The van der Waals surface area contributed by atoms with E-state index in [-0.39, 0.29) is 10.8 Å². The van der Waals surface area contributed by atoms with Crippen molar-refractivity contribution in [2.75, 3.05) is 30.8 Å². The van der Waals surface area contributed by atoms with Gasteiger partial charge in [-0.1, -0.05) is 6.07 Å². The Morgan fingerprint density at radius 2 is 1.77 bits per heavy atom. The first-order valence-corrected chi connectivity index (χ1v) is 10.3. The highest BCUT2D eigenvalue weighted by molar-refractivity contribution is 7.80. The first-order valence-electron chi connectivity index (χ1n) is 9.84.